The van der Waals surface area contributed by atoms with Crippen LogP contribution >= 0.6 is 46.3 Å². The Morgan fingerprint density at radius 3 is 2.58 bits per heavy atom. The maximum atomic E-state index is 12.0. The molecule has 2 aromatic carbocycles. The first-order valence-corrected chi connectivity index (χ1v) is 10.0. The van der Waals surface area contributed by atoms with E-state index < -0.39 is 0 Å². The largest absolute Gasteiger partial charge is 0.482 e. The maximum Gasteiger partial charge on any atom is 0.264 e. The lowest BCUT2D eigenvalue weighted by Crippen LogP contribution is -2.20. The molecule has 0 aliphatic carbocycles. The number of aromatic nitrogens is 2. The van der Waals surface area contributed by atoms with Gasteiger partial charge in [-0.2, -0.15) is 0 Å². The molecule has 0 radical (unpaired) electrons. The number of anilines is 1. The highest BCUT2D eigenvalue weighted by Crippen LogP contribution is 2.30. The van der Waals surface area contributed by atoms with Gasteiger partial charge in [0.25, 0.3) is 5.91 Å². The molecule has 0 atom stereocenters. The Labute approximate surface area is 168 Å². The van der Waals surface area contributed by atoms with Crippen molar-refractivity contribution in [2.45, 2.75) is 10.1 Å². The monoisotopic (exact) mass is 425 g/mol. The average Bonchev–Trinajstić information content (AvgIpc) is 3.08. The van der Waals surface area contributed by atoms with Crippen LogP contribution in [0.3, 0.4) is 0 Å². The van der Waals surface area contributed by atoms with Crippen LogP contribution in [0.2, 0.25) is 10.0 Å². The number of hydrogen-bond donors (Lipinski definition) is 1. The predicted molar refractivity (Wildman–Crippen MR) is 106 cm³/mol. The molecule has 0 aliphatic heterocycles. The molecule has 0 saturated carbocycles. The summed E-state index contributed by atoms with van der Waals surface area (Å²) >= 11 is 14.9. The number of rotatable bonds is 7. The van der Waals surface area contributed by atoms with Crippen LogP contribution < -0.4 is 10.1 Å². The topological polar surface area (TPSA) is 64.1 Å². The molecule has 26 heavy (non-hydrogen) atoms. The summed E-state index contributed by atoms with van der Waals surface area (Å²) < 4.78 is 6.13. The highest BCUT2D eigenvalue weighted by atomic mass is 35.5. The Bertz CT molecular complexity index is 905. The molecule has 1 N–H and O–H groups in total. The second-order valence-electron chi connectivity index (χ2n) is 5.02. The first kappa shape index (κ1) is 19.0. The molecular formula is C17H13Cl2N3O2S2. The lowest BCUT2D eigenvalue weighted by molar-refractivity contribution is -0.118. The molecule has 3 rings (SSSR count). The van der Waals surface area contributed by atoms with E-state index in [-0.39, 0.29) is 12.5 Å². The Morgan fingerprint density at radius 1 is 1.08 bits per heavy atom. The van der Waals surface area contributed by atoms with Crippen molar-refractivity contribution in [3.63, 3.8) is 0 Å². The van der Waals surface area contributed by atoms with Crippen molar-refractivity contribution < 1.29 is 9.53 Å². The van der Waals surface area contributed by atoms with Gasteiger partial charge in [0.1, 0.15) is 5.75 Å². The van der Waals surface area contributed by atoms with Gasteiger partial charge >= 0.3 is 0 Å². The summed E-state index contributed by atoms with van der Waals surface area (Å²) in [4.78, 5) is 12.0. The third-order valence-electron chi connectivity index (χ3n) is 3.16. The SMILES string of the molecule is O=C(COc1ccccc1Cl)Nc1nnc(SCc2ccccc2Cl)s1. The zero-order valence-corrected chi connectivity index (χ0v) is 16.5. The van der Waals surface area contributed by atoms with E-state index >= 15 is 0 Å². The highest BCUT2D eigenvalue weighted by Gasteiger charge is 2.11. The molecule has 0 aliphatic rings. The molecule has 3 aromatic rings. The fourth-order valence-electron chi connectivity index (χ4n) is 1.93. The van der Waals surface area contributed by atoms with E-state index in [4.69, 9.17) is 27.9 Å². The molecule has 9 heteroatoms. The minimum absolute atomic E-state index is 0.161. The second-order valence-corrected chi connectivity index (χ2v) is 8.03. The molecule has 0 fully saturated rings. The quantitative estimate of drug-likeness (QED) is 0.418. The van der Waals surface area contributed by atoms with Crippen LogP contribution in [0.15, 0.2) is 52.9 Å². The van der Waals surface area contributed by atoms with E-state index in [9.17, 15) is 4.79 Å². The zero-order valence-electron chi connectivity index (χ0n) is 13.3. The molecule has 1 heterocycles. The van der Waals surface area contributed by atoms with Crippen molar-refractivity contribution in [3.05, 3.63) is 64.1 Å². The molecule has 134 valence electrons. The van der Waals surface area contributed by atoms with E-state index in [1.807, 2.05) is 24.3 Å². The Kier molecular flexibility index (Phi) is 6.73. The number of carbonyl (C=O) groups is 1. The van der Waals surface area contributed by atoms with Gasteiger partial charge in [-0.15, -0.1) is 10.2 Å². The molecule has 1 aromatic heterocycles. The lowest BCUT2D eigenvalue weighted by atomic mass is 10.2. The lowest BCUT2D eigenvalue weighted by Gasteiger charge is -2.06. The van der Waals surface area contributed by atoms with Gasteiger partial charge in [0.2, 0.25) is 5.13 Å². The number of amides is 1. The average molecular weight is 426 g/mol. The smallest absolute Gasteiger partial charge is 0.264 e. The first-order chi connectivity index (χ1) is 12.6. The van der Waals surface area contributed by atoms with Crippen molar-refractivity contribution in [1.82, 2.24) is 10.2 Å². The zero-order chi connectivity index (χ0) is 18.4. The standard InChI is InChI=1S/C17H13Cl2N3O2S2/c18-12-6-2-1-5-11(12)10-25-17-22-21-16(26-17)20-15(23)9-24-14-8-4-3-7-13(14)19/h1-8H,9-10H2,(H,20,21,23). The molecular weight excluding hydrogens is 413 g/mol. The van der Waals surface area contributed by atoms with Crippen molar-refractivity contribution in [3.8, 4) is 5.75 Å². The molecule has 5 nitrogen and oxygen atoms in total. The van der Waals surface area contributed by atoms with Crippen molar-refractivity contribution >= 4 is 57.3 Å². The molecule has 1 amide bonds. The van der Waals surface area contributed by atoms with Crippen molar-refractivity contribution in [1.29, 1.82) is 0 Å². The van der Waals surface area contributed by atoms with Gasteiger partial charge in [-0.05, 0) is 23.8 Å². The molecule has 0 saturated heterocycles. The number of thioether (sulfide) groups is 1. The van der Waals surface area contributed by atoms with E-state index in [2.05, 4.69) is 15.5 Å². The predicted octanol–water partition coefficient (Wildman–Crippen LogP) is 5.15. The van der Waals surface area contributed by atoms with Gasteiger partial charge in [-0.3, -0.25) is 10.1 Å². The van der Waals surface area contributed by atoms with E-state index in [1.165, 1.54) is 23.1 Å². The minimum atomic E-state index is -0.330. The van der Waals surface area contributed by atoms with Gasteiger partial charge in [-0.1, -0.05) is 76.6 Å². The summed E-state index contributed by atoms with van der Waals surface area (Å²) in [7, 11) is 0. The minimum Gasteiger partial charge on any atom is -0.482 e. The summed E-state index contributed by atoms with van der Waals surface area (Å²) in [6, 6.07) is 14.6. The third kappa shape index (κ3) is 5.35. The van der Waals surface area contributed by atoms with E-state index in [0.29, 0.717) is 21.7 Å². The number of hydrogen-bond acceptors (Lipinski definition) is 6. The summed E-state index contributed by atoms with van der Waals surface area (Å²) in [6.07, 6.45) is 0. The van der Waals surface area contributed by atoms with Crippen LogP contribution in [0, 0.1) is 0 Å². The fourth-order valence-corrected chi connectivity index (χ4v) is 4.18. The van der Waals surface area contributed by atoms with Crippen LogP contribution in [0.5, 0.6) is 5.75 Å². The summed E-state index contributed by atoms with van der Waals surface area (Å²) in [5.74, 6) is 0.805. The van der Waals surface area contributed by atoms with Gasteiger partial charge < -0.3 is 4.74 Å². The van der Waals surface area contributed by atoms with Gasteiger partial charge in [-0.25, -0.2) is 0 Å². The van der Waals surface area contributed by atoms with Crippen LogP contribution in [-0.2, 0) is 10.5 Å². The number of halogens is 2. The molecule has 0 bridgehead atoms. The van der Waals surface area contributed by atoms with Gasteiger partial charge in [0, 0.05) is 10.8 Å². The van der Waals surface area contributed by atoms with Crippen LogP contribution in [0.1, 0.15) is 5.56 Å². The second kappa shape index (κ2) is 9.23. The highest BCUT2D eigenvalue weighted by molar-refractivity contribution is 8.00. The van der Waals surface area contributed by atoms with Crippen molar-refractivity contribution in [2.75, 3.05) is 11.9 Å². The number of para-hydroxylation sites is 1. The van der Waals surface area contributed by atoms with Crippen LogP contribution in [-0.4, -0.2) is 22.7 Å². The maximum absolute atomic E-state index is 12.0. The van der Waals surface area contributed by atoms with Crippen molar-refractivity contribution in [2.24, 2.45) is 0 Å². The van der Waals surface area contributed by atoms with Crippen LogP contribution in [0.4, 0.5) is 5.13 Å². The molecule has 0 unspecified atom stereocenters. The summed E-state index contributed by atoms with van der Waals surface area (Å²) in [6.45, 7) is -0.161. The van der Waals surface area contributed by atoms with Crippen LogP contribution in [0.25, 0.3) is 0 Å². The third-order valence-corrected chi connectivity index (χ3v) is 5.86. The Morgan fingerprint density at radius 2 is 1.81 bits per heavy atom. The number of nitrogens with one attached hydrogen (secondary N) is 1. The number of carbonyl (C=O) groups excluding carboxylic acids is 1. The summed E-state index contributed by atoms with van der Waals surface area (Å²) in [5.41, 5.74) is 1.02. The van der Waals surface area contributed by atoms with Gasteiger partial charge in [0.05, 0.1) is 5.02 Å². The van der Waals surface area contributed by atoms with E-state index in [1.54, 1.807) is 24.3 Å². The fraction of sp³-hybridized carbons (Fsp3) is 0.118. The van der Waals surface area contributed by atoms with E-state index in [0.717, 1.165) is 14.9 Å². The number of ether oxygens (including phenoxy) is 1. The van der Waals surface area contributed by atoms with Gasteiger partial charge in [0.15, 0.2) is 10.9 Å². The normalized spacial score (nSPS) is 10.5. The Hall–Kier alpha value is -1.80. The first-order valence-electron chi connectivity index (χ1n) is 7.48. The number of nitrogens with zero attached hydrogens (tertiary/aromatic N) is 2. The molecule has 0 spiro atoms. The summed E-state index contributed by atoms with van der Waals surface area (Å²) in [5, 5.41) is 12.3. The number of benzene rings is 2. The Balaban J connectivity index is 1.49.